The van der Waals surface area contributed by atoms with Crippen molar-refractivity contribution < 1.29 is 32.6 Å². The van der Waals surface area contributed by atoms with E-state index in [2.05, 4.69) is 45.0 Å². The van der Waals surface area contributed by atoms with Gasteiger partial charge in [-0.25, -0.2) is 0 Å². The minimum atomic E-state index is -4.48. The van der Waals surface area contributed by atoms with Gasteiger partial charge in [-0.2, -0.15) is 13.2 Å². The summed E-state index contributed by atoms with van der Waals surface area (Å²) in [6.07, 6.45) is -1.26. The van der Waals surface area contributed by atoms with Crippen molar-refractivity contribution in [3.8, 4) is 5.75 Å². The molecule has 3 aromatic carbocycles. The molecule has 0 spiro atoms. The van der Waals surface area contributed by atoms with E-state index in [0.717, 1.165) is 41.9 Å². The first kappa shape index (κ1) is 29.2. The average Bonchev–Trinajstić information content (AvgIpc) is 2.88. The number of carboxylic acids is 1. The van der Waals surface area contributed by atoms with E-state index in [-0.39, 0.29) is 6.54 Å². The number of carboxylic acid groups (broad SMARTS) is 1. The molecule has 1 N–H and O–H groups in total. The Morgan fingerprint density at radius 1 is 0.975 bits per heavy atom. The number of ether oxygens (including phenoxy) is 1. The van der Waals surface area contributed by atoms with E-state index in [9.17, 15) is 27.9 Å². The molecule has 0 saturated carbocycles. The zero-order valence-electron chi connectivity index (χ0n) is 22.9. The Bertz CT molecular complexity index is 1350. The van der Waals surface area contributed by atoms with Crippen molar-refractivity contribution in [3.63, 3.8) is 0 Å². The van der Waals surface area contributed by atoms with Crippen LogP contribution in [0.4, 0.5) is 13.2 Å². The number of fused-ring (bicyclic) bond motifs is 1. The molecule has 212 valence electrons. The Balaban J connectivity index is 1.46. The van der Waals surface area contributed by atoms with Crippen LogP contribution in [0.3, 0.4) is 0 Å². The van der Waals surface area contributed by atoms with Crippen LogP contribution in [0.25, 0.3) is 0 Å². The van der Waals surface area contributed by atoms with E-state index in [1.54, 1.807) is 18.2 Å². The number of amides is 1. The first-order chi connectivity index (χ1) is 18.8. The van der Waals surface area contributed by atoms with Crippen LogP contribution in [0.15, 0.2) is 66.7 Å². The molecule has 0 aromatic heterocycles. The number of carbonyl (C=O) groups excluding carboxylic acids is 1. The van der Waals surface area contributed by atoms with Gasteiger partial charge in [0.15, 0.2) is 0 Å². The van der Waals surface area contributed by atoms with Crippen molar-refractivity contribution in [2.24, 2.45) is 5.92 Å². The number of aliphatic carboxylic acids is 1. The highest BCUT2D eigenvalue weighted by atomic mass is 19.4. The van der Waals surface area contributed by atoms with Gasteiger partial charge in [0.05, 0.1) is 5.56 Å². The van der Waals surface area contributed by atoms with Crippen molar-refractivity contribution >= 4 is 11.9 Å². The van der Waals surface area contributed by atoms with Crippen LogP contribution in [0.2, 0.25) is 0 Å². The number of hydrogen-bond donors (Lipinski definition) is 1. The number of hydrogen-bond acceptors (Lipinski definition) is 3. The van der Waals surface area contributed by atoms with Crippen molar-refractivity contribution in [1.82, 2.24) is 4.90 Å². The van der Waals surface area contributed by atoms with Crippen molar-refractivity contribution in [1.29, 1.82) is 0 Å². The topological polar surface area (TPSA) is 66.8 Å². The summed E-state index contributed by atoms with van der Waals surface area (Å²) >= 11 is 0. The van der Waals surface area contributed by atoms with Crippen LogP contribution in [0.1, 0.15) is 65.4 Å². The third-order valence-corrected chi connectivity index (χ3v) is 7.10. The summed E-state index contributed by atoms with van der Waals surface area (Å²) in [5, 5.41) is 9.37. The van der Waals surface area contributed by atoms with Crippen LogP contribution >= 0.6 is 0 Å². The van der Waals surface area contributed by atoms with Gasteiger partial charge in [0.25, 0.3) is 5.91 Å². The van der Waals surface area contributed by atoms with E-state index in [1.807, 2.05) is 0 Å². The van der Waals surface area contributed by atoms with Gasteiger partial charge in [-0.15, -0.1) is 0 Å². The van der Waals surface area contributed by atoms with Gasteiger partial charge in [-0.3, -0.25) is 9.59 Å². The Morgan fingerprint density at radius 2 is 1.60 bits per heavy atom. The summed E-state index contributed by atoms with van der Waals surface area (Å²) < 4.78 is 45.1. The lowest BCUT2D eigenvalue weighted by atomic mass is 9.86. The molecule has 1 aliphatic heterocycles. The molecule has 4 rings (SSSR count). The molecule has 0 bridgehead atoms. The summed E-state index contributed by atoms with van der Waals surface area (Å²) in [6, 6.07) is 18.1. The van der Waals surface area contributed by atoms with Crippen molar-refractivity contribution in [3.05, 3.63) is 100 Å². The molecule has 1 aliphatic rings. The third-order valence-electron chi connectivity index (χ3n) is 7.10. The fourth-order valence-electron chi connectivity index (χ4n) is 5.11. The van der Waals surface area contributed by atoms with Gasteiger partial charge in [-0.05, 0) is 84.7 Å². The normalized spacial score (nSPS) is 16.8. The van der Waals surface area contributed by atoms with E-state index in [4.69, 9.17) is 4.74 Å². The van der Waals surface area contributed by atoms with Crippen molar-refractivity contribution in [2.75, 3.05) is 6.54 Å². The highest BCUT2D eigenvalue weighted by Gasteiger charge is 2.33. The molecule has 0 radical (unpaired) electrons. The molecule has 0 aliphatic carbocycles. The Kier molecular flexibility index (Phi) is 8.57. The molecule has 1 atom stereocenters. The summed E-state index contributed by atoms with van der Waals surface area (Å²) in [5.74, 6) is -0.442. The molecular formula is C32H34F3NO4. The largest absolute Gasteiger partial charge is 0.487 e. The van der Waals surface area contributed by atoms with Crippen LogP contribution in [0.5, 0.6) is 5.75 Å². The fraction of sp³-hybridized carbons (Fsp3) is 0.375. The second-order valence-corrected chi connectivity index (χ2v) is 11.2. The zero-order chi connectivity index (χ0) is 29.1. The van der Waals surface area contributed by atoms with Gasteiger partial charge >= 0.3 is 12.1 Å². The van der Waals surface area contributed by atoms with E-state index in [0.29, 0.717) is 29.2 Å². The molecule has 0 fully saturated rings. The maximum absolute atomic E-state index is 13.3. The maximum Gasteiger partial charge on any atom is 0.416 e. The molecule has 8 heteroatoms. The quantitative estimate of drug-likeness (QED) is 0.311. The van der Waals surface area contributed by atoms with Crippen LogP contribution in [0, 0.1) is 5.92 Å². The standard InChI is InChI=1S/C32H34F3NO4/c1-21(2)16-22-4-6-23(7-5-22)18-31(3)15-14-25-17-26(10-13-28(25)40-31)30(39)36(20-29(37)38)19-24-8-11-27(12-9-24)32(33,34)35/h4-13,17,21H,14-16,18-20H2,1-3H3,(H,37,38)/t31-/m1/s1. The van der Waals surface area contributed by atoms with E-state index < -0.39 is 35.8 Å². The number of carbonyl (C=O) groups is 2. The Labute approximate surface area is 232 Å². The molecular weight excluding hydrogens is 519 g/mol. The first-order valence-electron chi connectivity index (χ1n) is 13.4. The summed E-state index contributed by atoms with van der Waals surface area (Å²) in [4.78, 5) is 25.9. The number of benzene rings is 3. The zero-order valence-corrected chi connectivity index (χ0v) is 22.9. The molecule has 0 unspecified atom stereocenters. The van der Waals surface area contributed by atoms with Gasteiger partial charge in [0.1, 0.15) is 17.9 Å². The molecule has 1 heterocycles. The van der Waals surface area contributed by atoms with E-state index >= 15 is 0 Å². The van der Waals surface area contributed by atoms with Gasteiger partial charge in [0.2, 0.25) is 0 Å². The highest BCUT2D eigenvalue weighted by Crippen LogP contribution is 2.36. The van der Waals surface area contributed by atoms with Crippen LogP contribution < -0.4 is 4.74 Å². The molecule has 40 heavy (non-hydrogen) atoms. The second-order valence-electron chi connectivity index (χ2n) is 11.2. The third kappa shape index (κ3) is 7.43. The lowest BCUT2D eigenvalue weighted by Crippen LogP contribution is -2.39. The van der Waals surface area contributed by atoms with Gasteiger partial charge in [-0.1, -0.05) is 50.2 Å². The smallest absolute Gasteiger partial charge is 0.416 e. The Morgan fingerprint density at radius 3 is 2.20 bits per heavy atom. The average molecular weight is 554 g/mol. The Hall–Kier alpha value is -3.81. The number of aryl methyl sites for hydroxylation is 1. The monoisotopic (exact) mass is 553 g/mol. The van der Waals surface area contributed by atoms with Crippen molar-refractivity contribution in [2.45, 2.75) is 64.8 Å². The summed E-state index contributed by atoms with van der Waals surface area (Å²) in [6.45, 7) is 5.76. The van der Waals surface area contributed by atoms with Crippen LogP contribution in [-0.4, -0.2) is 34.0 Å². The second kappa shape index (κ2) is 11.7. The minimum absolute atomic E-state index is 0.134. The van der Waals surface area contributed by atoms with Gasteiger partial charge in [0, 0.05) is 18.5 Å². The molecule has 0 saturated heterocycles. The lowest BCUT2D eigenvalue weighted by Gasteiger charge is -2.36. The van der Waals surface area contributed by atoms with Crippen LogP contribution in [-0.2, 0) is 36.8 Å². The number of rotatable bonds is 9. The first-order valence-corrected chi connectivity index (χ1v) is 13.4. The number of alkyl halides is 3. The highest BCUT2D eigenvalue weighted by molar-refractivity contribution is 5.96. The summed E-state index contributed by atoms with van der Waals surface area (Å²) in [5.41, 5.74) is 2.86. The predicted molar refractivity (Wildman–Crippen MR) is 146 cm³/mol. The maximum atomic E-state index is 13.3. The molecule has 5 nitrogen and oxygen atoms in total. The predicted octanol–water partition coefficient (Wildman–Crippen LogP) is 6.96. The molecule has 3 aromatic rings. The summed E-state index contributed by atoms with van der Waals surface area (Å²) in [7, 11) is 0. The fourth-order valence-corrected chi connectivity index (χ4v) is 5.11. The number of halogens is 3. The van der Waals surface area contributed by atoms with Gasteiger partial charge < -0.3 is 14.7 Å². The lowest BCUT2D eigenvalue weighted by molar-refractivity contribution is -0.138. The molecule has 1 amide bonds. The van der Waals surface area contributed by atoms with E-state index in [1.165, 1.54) is 23.3 Å². The minimum Gasteiger partial charge on any atom is -0.487 e. The SMILES string of the molecule is CC(C)Cc1ccc(C[C@@]2(C)CCc3cc(C(=O)N(CC(=O)O)Cc4ccc(C(F)(F)F)cc4)ccc3O2)cc1. The number of nitrogens with zero attached hydrogens (tertiary/aromatic N) is 1.